The van der Waals surface area contributed by atoms with Crippen LogP contribution in [0.1, 0.15) is 64.7 Å². The Bertz CT molecular complexity index is 621. The largest absolute Gasteiger partial charge is 0.377 e. The molecule has 5 aliphatic rings. The molecule has 0 aromatic carbocycles. The fraction of sp³-hybridized carbons (Fsp3) is 0.864. The van der Waals surface area contributed by atoms with Crippen molar-refractivity contribution < 1.29 is 14.3 Å². The molecule has 0 N–H and O–H groups in total. The van der Waals surface area contributed by atoms with Crippen LogP contribution in [0.15, 0.2) is 11.6 Å². The van der Waals surface area contributed by atoms with E-state index in [0.29, 0.717) is 11.3 Å². The highest BCUT2D eigenvalue weighted by Gasteiger charge is 2.70. The molecule has 2 bridgehead atoms. The lowest BCUT2D eigenvalue weighted by Crippen LogP contribution is -2.57. The molecule has 0 amide bonds. The predicted octanol–water partition coefficient (Wildman–Crippen LogP) is 4.30. The van der Waals surface area contributed by atoms with Crippen molar-refractivity contribution in [3.8, 4) is 0 Å². The minimum atomic E-state index is -0.0387. The van der Waals surface area contributed by atoms with Crippen LogP contribution < -0.4 is 0 Å². The van der Waals surface area contributed by atoms with Gasteiger partial charge >= 0.3 is 0 Å². The Labute approximate surface area is 151 Å². The first-order valence-corrected chi connectivity index (χ1v) is 10.4. The van der Waals surface area contributed by atoms with Gasteiger partial charge in [-0.25, -0.2) is 0 Å². The third-order valence-corrected chi connectivity index (χ3v) is 9.00. The molecule has 4 aliphatic carbocycles. The zero-order valence-electron chi connectivity index (χ0n) is 15.8. The van der Waals surface area contributed by atoms with E-state index in [1.54, 1.807) is 7.11 Å². The van der Waals surface area contributed by atoms with E-state index in [2.05, 4.69) is 13.0 Å². The number of allylic oxidation sites excluding steroid dienone is 1. The number of ether oxygens (including phenoxy) is 2. The molecule has 138 valence electrons. The zero-order valence-corrected chi connectivity index (χ0v) is 15.8. The Morgan fingerprint density at radius 2 is 2.12 bits per heavy atom. The van der Waals surface area contributed by atoms with E-state index in [9.17, 15) is 4.79 Å². The average molecular weight is 344 g/mol. The molecule has 3 saturated carbocycles. The number of hydrogen-bond acceptors (Lipinski definition) is 3. The van der Waals surface area contributed by atoms with Crippen LogP contribution in [0.4, 0.5) is 0 Å². The fourth-order valence-corrected chi connectivity index (χ4v) is 7.96. The van der Waals surface area contributed by atoms with Gasteiger partial charge in [0.05, 0.1) is 12.2 Å². The molecule has 1 saturated heterocycles. The molecule has 0 aromatic heterocycles. The van der Waals surface area contributed by atoms with Crippen molar-refractivity contribution in [2.45, 2.75) is 70.3 Å². The van der Waals surface area contributed by atoms with Gasteiger partial charge in [-0.15, -0.1) is 0 Å². The lowest BCUT2D eigenvalue weighted by atomic mass is 9.45. The van der Waals surface area contributed by atoms with Crippen LogP contribution in [0.3, 0.4) is 0 Å². The van der Waals surface area contributed by atoms with Crippen LogP contribution in [0.2, 0.25) is 0 Å². The summed E-state index contributed by atoms with van der Waals surface area (Å²) in [7, 11) is 1.63. The van der Waals surface area contributed by atoms with Crippen LogP contribution in [0.5, 0.6) is 0 Å². The van der Waals surface area contributed by atoms with E-state index in [1.807, 2.05) is 0 Å². The summed E-state index contributed by atoms with van der Waals surface area (Å²) in [4.78, 5) is 12.7. The summed E-state index contributed by atoms with van der Waals surface area (Å²) in [5.74, 6) is 1.97. The van der Waals surface area contributed by atoms with Crippen LogP contribution >= 0.6 is 0 Å². The van der Waals surface area contributed by atoms with Crippen LogP contribution in [-0.2, 0) is 14.3 Å². The van der Waals surface area contributed by atoms with Crippen LogP contribution in [0.25, 0.3) is 0 Å². The second-order valence-electron chi connectivity index (χ2n) is 9.71. The number of hydrogen-bond donors (Lipinski definition) is 0. The van der Waals surface area contributed by atoms with E-state index >= 15 is 0 Å². The van der Waals surface area contributed by atoms with Crippen molar-refractivity contribution in [1.82, 2.24) is 0 Å². The maximum absolute atomic E-state index is 12.7. The molecule has 1 heterocycles. The molecule has 0 radical (unpaired) electrons. The van der Waals surface area contributed by atoms with E-state index in [1.165, 1.54) is 50.5 Å². The zero-order chi connectivity index (χ0) is 17.3. The second-order valence-corrected chi connectivity index (χ2v) is 9.71. The number of rotatable bonds is 3. The van der Waals surface area contributed by atoms with Gasteiger partial charge in [-0.05, 0) is 62.4 Å². The maximum atomic E-state index is 12.7. The molecule has 1 spiro atoms. The van der Waals surface area contributed by atoms with Crippen molar-refractivity contribution >= 4 is 5.78 Å². The molecule has 0 unspecified atom stereocenters. The summed E-state index contributed by atoms with van der Waals surface area (Å²) < 4.78 is 12.0. The van der Waals surface area contributed by atoms with E-state index in [-0.39, 0.29) is 29.3 Å². The highest BCUT2D eigenvalue weighted by atomic mass is 16.5. The topological polar surface area (TPSA) is 35.5 Å². The SMILES string of the molecule is COCC(=O)[C@H]1CC=C2[C@]1(C)CC[C@@H]1[C@@]34CCCC[C@H]3CC[C@@]21OC4. The summed E-state index contributed by atoms with van der Waals surface area (Å²) in [6, 6.07) is 0. The Balaban J connectivity index is 1.51. The van der Waals surface area contributed by atoms with Gasteiger partial charge < -0.3 is 9.47 Å². The van der Waals surface area contributed by atoms with Crippen molar-refractivity contribution in [2.75, 3.05) is 20.3 Å². The molecule has 25 heavy (non-hydrogen) atoms. The first-order chi connectivity index (χ1) is 12.1. The number of ketones is 1. The van der Waals surface area contributed by atoms with E-state index in [4.69, 9.17) is 9.47 Å². The van der Waals surface area contributed by atoms with Gasteiger partial charge in [-0.2, -0.15) is 0 Å². The quantitative estimate of drug-likeness (QED) is 0.716. The van der Waals surface area contributed by atoms with Crippen LogP contribution in [-0.4, -0.2) is 31.7 Å². The molecular formula is C22H32O3. The van der Waals surface area contributed by atoms with E-state index in [0.717, 1.165) is 25.4 Å². The number of carbonyl (C=O) groups excluding carboxylic acids is 1. The highest BCUT2D eigenvalue weighted by molar-refractivity contribution is 5.84. The highest BCUT2D eigenvalue weighted by Crippen LogP contribution is 2.71. The van der Waals surface area contributed by atoms with Crippen molar-refractivity contribution in [1.29, 1.82) is 0 Å². The molecule has 4 fully saturated rings. The lowest BCUT2D eigenvalue weighted by molar-refractivity contribution is -0.132. The Kier molecular flexibility index (Phi) is 3.58. The number of fused-ring (bicyclic) bond motifs is 1. The van der Waals surface area contributed by atoms with Gasteiger partial charge in [-0.3, -0.25) is 4.79 Å². The third kappa shape index (κ3) is 1.92. The summed E-state index contributed by atoms with van der Waals surface area (Å²) >= 11 is 0. The molecule has 3 heteroatoms. The van der Waals surface area contributed by atoms with E-state index < -0.39 is 0 Å². The minimum Gasteiger partial charge on any atom is -0.377 e. The summed E-state index contributed by atoms with van der Waals surface area (Å²) in [5, 5.41) is 0. The molecule has 3 nitrogen and oxygen atoms in total. The van der Waals surface area contributed by atoms with Crippen LogP contribution in [0, 0.1) is 28.6 Å². The minimum absolute atomic E-state index is 0.000846. The van der Waals surface area contributed by atoms with Gasteiger partial charge in [0.2, 0.25) is 0 Å². The van der Waals surface area contributed by atoms with Crippen molar-refractivity contribution in [2.24, 2.45) is 28.6 Å². The van der Waals surface area contributed by atoms with Gasteiger partial charge in [0.25, 0.3) is 0 Å². The molecule has 0 aromatic rings. The number of carbonyl (C=O) groups is 1. The van der Waals surface area contributed by atoms with Gasteiger partial charge in [0, 0.05) is 23.9 Å². The number of Topliss-reactive ketones (excluding diaryl/α,β-unsaturated/α-hetero) is 1. The number of methoxy groups -OCH3 is 1. The lowest BCUT2D eigenvalue weighted by Gasteiger charge is -2.58. The third-order valence-electron chi connectivity index (χ3n) is 9.00. The monoisotopic (exact) mass is 344 g/mol. The first-order valence-electron chi connectivity index (χ1n) is 10.4. The molecule has 5 rings (SSSR count). The predicted molar refractivity (Wildman–Crippen MR) is 96.2 cm³/mol. The average Bonchev–Trinajstić information content (AvgIpc) is 3.06. The summed E-state index contributed by atoms with van der Waals surface area (Å²) in [6.45, 7) is 3.58. The van der Waals surface area contributed by atoms with Crippen molar-refractivity contribution in [3.05, 3.63) is 11.6 Å². The van der Waals surface area contributed by atoms with Gasteiger partial charge in [-0.1, -0.05) is 25.8 Å². The van der Waals surface area contributed by atoms with Crippen molar-refractivity contribution in [3.63, 3.8) is 0 Å². The van der Waals surface area contributed by atoms with Gasteiger partial charge in [0.15, 0.2) is 5.78 Å². The Hall–Kier alpha value is -0.670. The fourth-order valence-electron chi connectivity index (χ4n) is 7.96. The molecule has 1 aliphatic heterocycles. The maximum Gasteiger partial charge on any atom is 0.162 e. The Morgan fingerprint density at radius 3 is 2.96 bits per heavy atom. The molecular weight excluding hydrogens is 312 g/mol. The standard InChI is InChI=1S/C22H32O3/c1-20-11-9-19-21-10-4-3-5-15(21)8-12-22(19,25-14-21)18(20)7-6-16(20)17(23)13-24-2/h7,15-16,19H,3-6,8-14H2,1-2H3/t15-,16+,19+,20+,21+,22+/m0/s1. The molecule has 6 atom stereocenters. The second kappa shape index (κ2) is 5.42. The first kappa shape index (κ1) is 16.5. The Morgan fingerprint density at radius 1 is 1.24 bits per heavy atom. The summed E-state index contributed by atoms with van der Waals surface area (Å²) in [5.41, 5.74) is 1.92. The van der Waals surface area contributed by atoms with Gasteiger partial charge in [0.1, 0.15) is 6.61 Å². The smallest absolute Gasteiger partial charge is 0.162 e. The normalized spacial score (nSPS) is 50.6. The summed E-state index contributed by atoms with van der Waals surface area (Å²) in [6.07, 6.45) is 13.8.